The quantitative estimate of drug-likeness (QED) is 0.838. The number of rotatable bonds is 6. The molecule has 1 aliphatic rings. The average molecular weight is 276 g/mol. The van der Waals surface area contributed by atoms with Crippen molar-refractivity contribution in [1.29, 1.82) is 0 Å². The van der Waals surface area contributed by atoms with Crippen molar-refractivity contribution in [3.63, 3.8) is 0 Å². The van der Waals surface area contributed by atoms with Crippen molar-refractivity contribution in [2.75, 3.05) is 18.5 Å². The molecule has 0 heterocycles. The Bertz CT molecular complexity index is 439. The normalized spacial score (nSPS) is 21.9. The predicted molar refractivity (Wildman–Crippen MR) is 85.2 cm³/mol. The van der Waals surface area contributed by atoms with Crippen LogP contribution in [0.25, 0.3) is 0 Å². The van der Waals surface area contributed by atoms with Crippen LogP contribution in [0.2, 0.25) is 0 Å². The van der Waals surface area contributed by atoms with E-state index in [4.69, 9.17) is 0 Å². The third kappa shape index (κ3) is 3.97. The van der Waals surface area contributed by atoms with Crippen LogP contribution in [0, 0.1) is 12.8 Å². The number of aliphatic hydroxyl groups excluding tert-OH is 1. The average Bonchev–Trinajstić information content (AvgIpc) is 2.34. The molecule has 1 aromatic rings. The largest absolute Gasteiger partial charge is 0.393 e. The summed E-state index contributed by atoms with van der Waals surface area (Å²) in [4.78, 5) is 2.32. The first-order valence-corrected chi connectivity index (χ1v) is 7.68. The lowest BCUT2D eigenvalue weighted by Gasteiger charge is -2.35. The minimum Gasteiger partial charge on any atom is -0.393 e. The highest BCUT2D eigenvalue weighted by Gasteiger charge is 2.28. The molecule has 0 bridgehead atoms. The summed E-state index contributed by atoms with van der Waals surface area (Å²) in [5.74, 6) is 0.650. The van der Waals surface area contributed by atoms with E-state index in [9.17, 15) is 5.11 Å². The fourth-order valence-corrected chi connectivity index (χ4v) is 2.91. The Kier molecular flexibility index (Phi) is 5.06. The van der Waals surface area contributed by atoms with Crippen LogP contribution < -0.4 is 10.2 Å². The molecule has 0 atom stereocenters. The van der Waals surface area contributed by atoms with Crippen molar-refractivity contribution in [3.8, 4) is 0 Å². The first kappa shape index (κ1) is 15.3. The Morgan fingerprint density at radius 1 is 1.35 bits per heavy atom. The van der Waals surface area contributed by atoms with Gasteiger partial charge in [-0.25, -0.2) is 0 Å². The molecular weight excluding hydrogens is 248 g/mol. The highest BCUT2D eigenvalue weighted by molar-refractivity contribution is 5.54. The second-order valence-electron chi connectivity index (χ2n) is 6.53. The van der Waals surface area contributed by atoms with Gasteiger partial charge in [0.25, 0.3) is 0 Å². The van der Waals surface area contributed by atoms with Crippen LogP contribution in [0.5, 0.6) is 0 Å². The number of anilines is 1. The topological polar surface area (TPSA) is 35.5 Å². The standard InChI is InChI=1S/C17H28N2O/c1-12(2)18-10-14-5-6-17(13(3)7-14)19(4)11-15-8-16(20)9-15/h5-7,12,15-16,18,20H,8-11H2,1-4H3. The third-order valence-electron chi connectivity index (χ3n) is 4.13. The van der Waals surface area contributed by atoms with Crippen LogP contribution in [0.1, 0.15) is 37.8 Å². The Morgan fingerprint density at radius 3 is 2.60 bits per heavy atom. The Labute approximate surface area is 123 Å². The molecule has 2 N–H and O–H groups in total. The highest BCUT2D eigenvalue weighted by Crippen LogP contribution is 2.30. The Hall–Kier alpha value is -1.06. The number of benzene rings is 1. The third-order valence-corrected chi connectivity index (χ3v) is 4.13. The molecule has 2 rings (SSSR count). The summed E-state index contributed by atoms with van der Waals surface area (Å²) < 4.78 is 0. The van der Waals surface area contributed by atoms with Crippen LogP contribution in [0.15, 0.2) is 18.2 Å². The Balaban J connectivity index is 1.94. The zero-order valence-corrected chi connectivity index (χ0v) is 13.2. The second-order valence-corrected chi connectivity index (χ2v) is 6.53. The van der Waals surface area contributed by atoms with Gasteiger partial charge in [-0.3, -0.25) is 0 Å². The van der Waals surface area contributed by atoms with E-state index in [0.29, 0.717) is 12.0 Å². The first-order valence-electron chi connectivity index (χ1n) is 7.68. The molecule has 1 aromatic carbocycles. The molecule has 0 aromatic heterocycles. The molecule has 0 amide bonds. The molecular formula is C17H28N2O. The summed E-state index contributed by atoms with van der Waals surface area (Å²) in [6.07, 6.45) is 1.86. The fraction of sp³-hybridized carbons (Fsp3) is 0.647. The van der Waals surface area contributed by atoms with Gasteiger partial charge in [0.1, 0.15) is 0 Å². The van der Waals surface area contributed by atoms with Crippen molar-refractivity contribution in [2.45, 2.75) is 52.3 Å². The smallest absolute Gasteiger partial charge is 0.0546 e. The van der Waals surface area contributed by atoms with E-state index in [-0.39, 0.29) is 6.10 Å². The van der Waals surface area contributed by atoms with Crippen molar-refractivity contribution >= 4 is 5.69 Å². The van der Waals surface area contributed by atoms with E-state index >= 15 is 0 Å². The van der Waals surface area contributed by atoms with Gasteiger partial charge >= 0.3 is 0 Å². The van der Waals surface area contributed by atoms with E-state index in [1.54, 1.807) is 0 Å². The maximum absolute atomic E-state index is 9.37. The molecule has 3 heteroatoms. The number of nitrogens with one attached hydrogen (secondary N) is 1. The van der Waals surface area contributed by atoms with Crippen LogP contribution in [0.4, 0.5) is 5.69 Å². The van der Waals surface area contributed by atoms with E-state index in [2.05, 4.69) is 56.2 Å². The summed E-state index contributed by atoms with van der Waals surface area (Å²) in [7, 11) is 2.15. The maximum Gasteiger partial charge on any atom is 0.0546 e. The van der Waals surface area contributed by atoms with Gasteiger partial charge in [0.15, 0.2) is 0 Å². The van der Waals surface area contributed by atoms with Gasteiger partial charge in [-0.2, -0.15) is 0 Å². The van der Waals surface area contributed by atoms with Crippen molar-refractivity contribution in [3.05, 3.63) is 29.3 Å². The molecule has 0 spiro atoms. The van der Waals surface area contributed by atoms with E-state index in [0.717, 1.165) is 25.9 Å². The van der Waals surface area contributed by atoms with Crippen molar-refractivity contribution in [2.24, 2.45) is 5.92 Å². The zero-order chi connectivity index (χ0) is 14.7. The van der Waals surface area contributed by atoms with Crippen LogP contribution in [-0.2, 0) is 6.54 Å². The zero-order valence-electron chi connectivity index (χ0n) is 13.2. The number of hydrogen-bond donors (Lipinski definition) is 2. The van der Waals surface area contributed by atoms with Gasteiger partial charge in [-0.1, -0.05) is 26.0 Å². The molecule has 1 fully saturated rings. The van der Waals surface area contributed by atoms with Crippen LogP contribution in [0.3, 0.4) is 0 Å². The van der Waals surface area contributed by atoms with Crippen LogP contribution >= 0.6 is 0 Å². The van der Waals surface area contributed by atoms with Crippen LogP contribution in [-0.4, -0.2) is 30.8 Å². The Morgan fingerprint density at radius 2 is 2.05 bits per heavy atom. The summed E-state index contributed by atoms with van der Waals surface area (Å²) in [6, 6.07) is 7.23. The minimum absolute atomic E-state index is 0.0565. The summed E-state index contributed by atoms with van der Waals surface area (Å²) >= 11 is 0. The van der Waals surface area contributed by atoms with Gasteiger partial charge in [0.2, 0.25) is 0 Å². The monoisotopic (exact) mass is 276 g/mol. The SMILES string of the molecule is Cc1cc(CNC(C)C)ccc1N(C)CC1CC(O)C1. The lowest BCUT2D eigenvalue weighted by atomic mass is 9.82. The van der Waals surface area contributed by atoms with Gasteiger partial charge in [-0.05, 0) is 42.9 Å². The maximum atomic E-state index is 9.37. The molecule has 1 saturated carbocycles. The van der Waals surface area contributed by atoms with Gasteiger partial charge < -0.3 is 15.3 Å². The predicted octanol–water partition coefficient (Wildman–Crippen LogP) is 2.70. The van der Waals surface area contributed by atoms with Gasteiger partial charge in [0, 0.05) is 31.9 Å². The van der Waals surface area contributed by atoms with Gasteiger partial charge in [-0.15, -0.1) is 0 Å². The molecule has 3 nitrogen and oxygen atoms in total. The lowest BCUT2D eigenvalue weighted by molar-refractivity contribution is 0.0465. The number of aryl methyl sites for hydroxylation is 1. The number of hydrogen-bond acceptors (Lipinski definition) is 3. The number of aliphatic hydroxyl groups is 1. The second kappa shape index (κ2) is 6.59. The van der Waals surface area contributed by atoms with Crippen molar-refractivity contribution in [1.82, 2.24) is 5.32 Å². The van der Waals surface area contributed by atoms with E-state index < -0.39 is 0 Å². The molecule has 112 valence electrons. The van der Waals surface area contributed by atoms with E-state index in [1.165, 1.54) is 16.8 Å². The number of nitrogens with zero attached hydrogens (tertiary/aromatic N) is 1. The summed E-state index contributed by atoms with van der Waals surface area (Å²) in [5.41, 5.74) is 3.97. The highest BCUT2D eigenvalue weighted by atomic mass is 16.3. The molecule has 0 aliphatic heterocycles. The van der Waals surface area contributed by atoms with Crippen molar-refractivity contribution < 1.29 is 5.11 Å². The first-order chi connectivity index (χ1) is 9.45. The summed E-state index contributed by atoms with van der Waals surface area (Å²) in [6.45, 7) is 8.49. The van der Waals surface area contributed by atoms with E-state index in [1.807, 2.05) is 0 Å². The summed E-state index contributed by atoms with van der Waals surface area (Å²) in [5, 5.41) is 12.8. The molecule has 0 radical (unpaired) electrons. The lowest BCUT2D eigenvalue weighted by Crippen LogP contribution is -2.37. The molecule has 0 unspecified atom stereocenters. The molecule has 1 aliphatic carbocycles. The minimum atomic E-state index is -0.0565. The van der Waals surface area contributed by atoms with Gasteiger partial charge in [0.05, 0.1) is 6.10 Å². The fourth-order valence-electron chi connectivity index (χ4n) is 2.91. The molecule has 0 saturated heterocycles. The molecule has 20 heavy (non-hydrogen) atoms.